The van der Waals surface area contributed by atoms with Gasteiger partial charge in [-0.2, -0.15) is 0 Å². The fourth-order valence-corrected chi connectivity index (χ4v) is 2.54. The lowest BCUT2D eigenvalue weighted by molar-refractivity contribution is 0.102. The van der Waals surface area contributed by atoms with Crippen LogP contribution in [0.5, 0.6) is 5.75 Å². The number of hydrogen-bond acceptors (Lipinski definition) is 4. The highest BCUT2D eigenvalue weighted by atomic mass is 35.5. The lowest BCUT2D eigenvalue weighted by atomic mass is 10.2. The van der Waals surface area contributed by atoms with Crippen molar-refractivity contribution in [3.8, 4) is 5.75 Å². The van der Waals surface area contributed by atoms with Crippen LogP contribution >= 0.6 is 11.6 Å². The first-order valence-electron chi connectivity index (χ1n) is 7.12. The van der Waals surface area contributed by atoms with E-state index in [1.165, 1.54) is 17.7 Å². The molecule has 1 N–H and O–H groups in total. The summed E-state index contributed by atoms with van der Waals surface area (Å²) >= 11 is 6.03. The largest absolute Gasteiger partial charge is 0.495 e. The molecular formula is C17H14ClN3O3. The van der Waals surface area contributed by atoms with Crippen LogP contribution in [0.3, 0.4) is 0 Å². The second kappa shape index (κ2) is 6.33. The summed E-state index contributed by atoms with van der Waals surface area (Å²) in [4.78, 5) is 29.0. The normalized spacial score (nSPS) is 10.6. The van der Waals surface area contributed by atoms with Crippen LogP contribution in [-0.2, 0) is 0 Å². The number of fused-ring (bicyclic) bond motifs is 1. The van der Waals surface area contributed by atoms with Crippen molar-refractivity contribution in [2.45, 2.75) is 6.92 Å². The molecule has 122 valence electrons. The number of nitrogens with one attached hydrogen (secondary N) is 1. The number of methoxy groups -OCH3 is 1. The Hall–Kier alpha value is -2.86. The number of benzene rings is 1. The van der Waals surface area contributed by atoms with E-state index in [2.05, 4.69) is 10.3 Å². The summed E-state index contributed by atoms with van der Waals surface area (Å²) in [7, 11) is 1.50. The number of rotatable bonds is 3. The van der Waals surface area contributed by atoms with Gasteiger partial charge in [0, 0.05) is 18.1 Å². The molecule has 0 radical (unpaired) electrons. The second-order valence-electron chi connectivity index (χ2n) is 5.22. The van der Waals surface area contributed by atoms with E-state index >= 15 is 0 Å². The average molecular weight is 344 g/mol. The maximum absolute atomic E-state index is 12.5. The van der Waals surface area contributed by atoms with Crippen LogP contribution in [0.2, 0.25) is 5.02 Å². The Morgan fingerprint density at radius 1 is 1.29 bits per heavy atom. The number of ether oxygens (including phenoxy) is 1. The van der Waals surface area contributed by atoms with Gasteiger partial charge in [0.1, 0.15) is 17.0 Å². The number of nitrogens with zero attached hydrogens (tertiary/aromatic N) is 2. The van der Waals surface area contributed by atoms with Gasteiger partial charge in [-0.3, -0.25) is 14.0 Å². The number of aromatic nitrogens is 2. The lowest BCUT2D eigenvalue weighted by Crippen LogP contribution is -2.26. The molecule has 0 saturated heterocycles. The van der Waals surface area contributed by atoms with Crippen LogP contribution < -0.4 is 15.6 Å². The van der Waals surface area contributed by atoms with Gasteiger partial charge in [-0.15, -0.1) is 0 Å². The molecule has 0 bridgehead atoms. The van der Waals surface area contributed by atoms with Gasteiger partial charge in [0.2, 0.25) is 0 Å². The van der Waals surface area contributed by atoms with Gasteiger partial charge in [-0.1, -0.05) is 17.7 Å². The van der Waals surface area contributed by atoms with Gasteiger partial charge in [0.15, 0.2) is 0 Å². The van der Waals surface area contributed by atoms with Crippen molar-refractivity contribution in [1.82, 2.24) is 9.38 Å². The van der Waals surface area contributed by atoms with Crippen molar-refractivity contribution >= 4 is 28.8 Å². The molecule has 6 nitrogen and oxygen atoms in total. The molecule has 2 heterocycles. The molecule has 0 unspecified atom stereocenters. The van der Waals surface area contributed by atoms with E-state index in [1.54, 1.807) is 30.5 Å². The minimum Gasteiger partial charge on any atom is -0.495 e. The highest BCUT2D eigenvalue weighted by molar-refractivity contribution is 6.32. The molecular weight excluding hydrogens is 330 g/mol. The van der Waals surface area contributed by atoms with Crippen LogP contribution in [0.1, 0.15) is 15.9 Å². The zero-order chi connectivity index (χ0) is 17.3. The SMILES string of the molecule is COc1ccc(NC(=O)c2cnc3ccc(C)cn3c2=O)cc1Cl. The Morgan fingerprint density at radius 3 is 2.79 bits per heavy atom. The summed E-state index contributed by atoms with van der Waals surface area (Å²) < 4.78 is 6.41. The quantitative estimate of drug-likeness (QED) is 0.793. The van der Waals surface area contributed by atoms with Gasteiger partial charge < -0.3 is 10.1 Å². The standard InChI is InChI=1S/C17H14ClN3O3/c1-10-3-6-15-19-8-12(17(23)21(15)9-10)16(22)20-11-4-5-14(24-2)13(18)7-11/h3-9H,1-2H3,(H,20,22). The molecule has 3 rings (SSSR count). The Balaban J connectivity index is 1.95. The average Bonchev–Trinajstić information content (AvgIpc) is 2.56. The second-order valence-corrected chi connectivity index (χ2v) is 5.62. The number of amides is 1. The van der Waals surface area contributed by atoms with Crippen LogP contribution in [0.4, 0.5) is 5.69 Å². The summed E-state index contributed by atoms with van der Waals surface area (Å²) in [5.41, 5.74) is 1.35. The Kier molecular flexibility index (Phi) is 4.22. The topological polar surface area (TPSA) is 72.7 Å². The van der Waals surface area contributed by atoms with Crippen LogP contribution in [0, 0.1) is 6.92 Å². The molecule has 0 fully saturated rings. The first-order chi connectivity index (χ1) is 11.5. The Bertz CT molecular complexity index is 998. The summed E-state index contributed by atoms with van der Waals surface area (Å²) in [5.74, 6) is -0.0535. The fourth-order valence-electron chi connectivity index (χ4n) is 2.28. The summed E-state index contributed by atoms with van der Waals surface area (Å²) in [6, 6.07) is 8.39. The number of halogens is 1. The molecule has 3 aromatic rings. The molecule has 0 aliphatic rings. The third-order valence-electron chi connectivity index (χ3n) is 3.50. The predicted molar refractivity (Wildman–Crippen MR) is 92.2 cm³/mol. The molecule has 0 aliphatic heterocycles. The number of carbonyl (C=O) groups excluding carboxylic acids is 1. The summed E-state index contributed by atoms with van der Waals surface area (Å²) in [5, 5.41) is 3.00. The molecule has 7 heteroatoms. The predicted octanol–water partition coefficient (Wildman–Crippen LogP) is 2.92. The highest BCUT2D eigenvalue weighted by Gasteiger charge is 2.14. The van der Waals surface area contributed by atoms with E-state index < -0.39 is 11.5 Å². The van der Waals surface area contributed by atoms with E-state index in [9.17, 15) is 9.59 Å². The maximum Gasteiger partial charge on any atom is 0.270 e. The monoisotopic (exact) mass is 343 g/mol. The lowest BCUT2D eigenvalue weighted by Gasteiger charge is -2.08. The number of anilines is 1. The van der Waals surface area contributed by atoms with Crippen molar-refractivity contribution in [2.75, 3.05) is 12.4 Å². The highest BCUT2D eigenvalue weighted by Crippen LogP contribution is 2.27. The third-order valence-corrected chi connectivity index (χ3v) is 3.80. The van der Waals surface area contributed by atoms with E-state index in [1.807, 2.05) is 13.0 Å². The van der Waals surface area contributed by atoms with Crippen molar-refractivity contribution in [1.29, 1.82) is 0 Å². The van der Waals surface area contributed by atoms with Gasteiger partial charge in [-0.25, -0.2) is 4.98 Å². The van der Waals surface area contributed by atoms with E-state index in [-0.39, 0.29) is 5.56 Å². The van der Waals surface area contributed by atoms with Gasteiger partial charge >= 0.3 is 0 Å². The van der Waals surface area contributed by atoms with Gasteiger partial charge in [0.05, 0.1) is 12.1 Å². The van der Waals surface area contributed by atoms with Gasteiger partial charge in [0.25, 0.3) is 11.5 Å². The summed E-state index contributed by atoms with van der Waals surface area (Å²) in [6.45, 7) is 1.86. The van der Waals surface area contributed by atoms with Crippen LogP contribution in [0.15, 0.2) is 47.5 Å². The maximum atomic E-state index is 12.5. The molecule has 0 atom stereocenters. The smallest absolute Gasteiger partial charge is 0.270 e. The zero-order valence-electron chi connectivity index (χ0n) is 13.0. The number of hydrogen-bond donors (Lipinski definition) is 1. The number of carbonyl (C=O) groups is 1. The van der Waals surface area contributed by atoms with Crippen molar-refractivity contribution < 1.29 is 9.53 Å². The van der Waals surface area contributed by atoms with E-state index in [0.29, 0.717) is 22.1 Å². The number of pyridine rings is 1. The molecule has 0 aliphatic carbocycles. The molecule has 24 heavy (non-hydrogen) atoms. The van der Waals surface area contributed by atoms with E-state index in [4.69, 9.17) is 16.3 Å². The minimum atomic E-state index is -0.551. The molecule has 0 spiro atoms. The number of aryl methyl sites for hydroxylation is 1. The van der Waals surface area contributed by atoms with Crippen molar-refractivity contribution in [3.05, 3.63) is 69.2 Å². The molecule has 1 amide bonds. The molecule has 0 saturated carbocycles. The first-order valence-corrected chi connectivity index (χ1v) is 7.50. The first kappa shape index (κ1) is 16.0. The van der Waals surface area contributed by atoms with Crippen LogP contribution in [-0.4, -0.2) is 22.4 Å². The Morgan fingerprint density at radius 2 is 2.08 bits per heavy atom. The molecule has 2 aromatic heterocycles. The van der Waals surface area contributed by atoms with Crippen LogP contribution in [0.25, 0.3) is 5.65 Å². The van der Waals surface area contributed by atoms with E-state index in [0.717, 1.165) is 5.56 Å². The third kappa shape index (κ3) is 2.96. The minimum absolute atomic E-state index is 0.0509. The van der Waals surface area contributed by atoms with Crippen molar-refractivity contribution in [2.24, 2.45) is 0 Å². The zero-order valence-corrected chi connectivity index (χ0v) is 13.8. The van der Waals surface area contributed by atoms with Crippen molar-refractivity contribution in [3.63, 3.8) is 0 Å². The fraction of sp³-hybridized carbons (Fsp3) is 0.118. The van der Waals surface area contributed by atoms with Gasteiger partial charge in [-0.05, 0) is 36.8 Å². The summed E-state index contributed by atoms with van der Waals surface area (Å²) in [6.07, 6.45) is 2.92. The molecule has 1 aromatic carbocycles. The Labute approximate surface area is 142 Å².